The van der Waals surface area contributed by atoms with E-state index >= 15 is 0 Å². The SMILES string of the molecule is O=C(NCCC1OCCCO1)c1ccc(-c2ccccc2)cc1. The standard InChI is InChI=1S/C19H21NO3/c21-19(20-12-11-18-22-13-4-14-23-18)17-9-7-16(8-10-17)15-5-2-1-3-6-15/h1-3,5-10,18H,4,11-14H2,(H,20,21). The van der Waals surface area contributed by atoms with Crippen LogP contribution in [0, 0.1) is 0 Å². The molecule has 0 aliphatic carbocycles. The molecule has 2 aromatic rings. The molecule has 1 aliphatic heterocycles. The number of benzene rings is 2. The second kappa shape index (κ2) is 7.90. The molecule has 0 aromatic heterocycles. The summed E-state index contributed by atoms with van der Waals surface area (Å²) in [4.78, 5) is 12.1. The van der Waals surface area contributed by atoms with Crippen molar-refractivity contribution in [3.05, 3.63) is 60.2 Å². The van der Waals surface area contributed by atoms with Crippen molar-refractivity contribution in [2.24, 2.45) is 0 Å². The largest absolute Gasteiger partial charge is 0.353 e. The first-order valence-corrected chi connectivity index (χ1v) is 8.00. The van der Waals surface area contributed by atoms with Crippen molar-refractivity contribution in [3.8, 4) is 11.1 Å². The molecule has 0 bridgehead atoms. The summed E-state index contributed by atoms with van der Waals surface area (Å²) in [6.45, 7) is 2.02. The van der Waals surface area contributed by atoms with E-state index < -0.39 is 0 Å². The quantitative estimate of drug-likeness (QED) is 0.922. The van der Waals surface area contributed by atoms with Gasteiger partial charge in [0, 0.05) is 18.5 Å². The fraction of sp³-hybridized carbons (Fsp3) is 0.316. The average Bonchev–Trinajstić information content (AvgIpc) is 2.63. The van der Waals surface area contributed by atoms with E-state index in [0.717, 1.165) is 30.8 Å². The highest BCUT2D eigenvalue weighted by molar-refractivity contribution is 5.94. The van der Waals surface area contributed by atoms with E-state index in [-0.39, 0.29) is 12.2 Å². The summed E-state index contributed by atoms with van der Waals surface area (Å²) in [5.41, 5.74) is 2.91. The van der Waals surface area contributed by atoms with E-state index in [1.807, 2.05) is 42.5 Å². The van der Waals surface area contributed by atoms with Gasteiger partial charge in [0.2, 0.25) is 0 Å². The van der Waals surface area contributed by atoms with Gasteiger partial charge in [0.05, 0.1) is 13.2 Å². The molecule has 0 unspecified atom stereocenters. The van der Waals surface area contributed by atoms with Crippen LogP contribution in [0.3, 0.4) is 0 Å². The summed E-state index contributed by atoms with van der Waals surface area (Å²) >= 11 is 0. The smallest absolute Gasteiger partial charge is 0.251 e. The summed E-state index contributed by atoms with van der Waals surface area (Å²) in [6.07, 6.45) is 1.43. The molecule has 1 amide bonds. The Labute approximate surface area is 136 Å². The molecule has 0 atom stereocenters. The Morgan fingerprint density at radius 3 is 2.30 bits per heavy atom. The van der Waals surface area contributed by atoms with Crippen molar-refractivity contribution in [1.82, 2.24) is 5.32 Å². The Balaban J connectivity index is 1.51. The minimum Gasteiger partial charge on any atom is -0.353 e. The van der Waals surface area contributed by atoms with E-state index in [2.05, 4.69) is 17.4 Å². The fourth-order valence-electron chi connectivity index (χ4n) is 2.55. The fourth-order valence-corrected chi connectivity index (χ4v) is 2.55. The van der Waals surface area contributed by atoms with Gasteiger partial charge in [-0.1, -0.05) is 42.5 Å². The molecule has 3 rings (SSSR count). The third-order valence-electron chi connectivity index (χ3n) is 3.82. The van der Waals surface area contributed by atoms with E-state index in [1.165, 1.54) is 0 Å². The highest BCUT2D eigenvalue weighted by Gasteiger charge is 2.14. The molecule has 4 heteroatoms. The minimum absolute atomic E-state index is 0.0691. The molecular formula is C19H21NO3. The van der Waals surface area contributed by atoms with Gasteiger partial charge in [-0.05, 0) is 29.7 Å². The van der Waals surface area contributed by atoms with Crippen LogP contribution in [0.5, 0.6) is 0 Å². The number of carbonyl (C=O) groups is 1. The first kappa shape index (κ1) is 15.7. The highest BCUT2D eigenvalue weighted by atomic mass is 16.7. The van der Waals surface area contributed by atoms with Crippen molar-refractivity contribution in [1.29, 1.82) is 0 Å². The number of nitrogens with one attached hydrogen (secondary N) is 1. The molecule has 1 heterocycles. The maximum atomic E-state index is 12.1. The molecule has 120 valence electrons. The van der Waals surface area contributed by atoms with Crippen LogP contribution in [0.1, 0.15) is 23.2 Å². The summed E-state index contributed by atoms with van der Waals surface area (Å²) in [7, 11) is 0. The van der Waals surface area contributed by atoms with Gasteiger partial charge in [0.25, 0.3) is 5.91 Å². The molecular weight excluding hydrogens is 290 g/mol. The molecule has 4 nitrogen and oxygen atoms in total. The van der Waals surface area contributed by atoms with Crippen LogP contribution < -0.4 is 5.32 Å². The molecule has 0 radical (unpaired) electrons. The zero-order chi connectivity index (χ0) is 15.9. The van der Waals surface area contributed by atoms with Crippen molar-refractivity contribution in [2.75, 3.05) is 19.8 Å². The Hall–Kier alpha value is -2.17. The van der Waals surface area contributed by atoms with Gasteiger partial charge in [-0.25, -0.2) is 0 Å². The van der Waals surface area contributed by atoms with Gasteiger partial charge < -0.3 is 14.8 Å². The van der Waals surface area contributed by atoms with E-state index in [4.69, 9.17) is 9.47 Å². The Morgan fingerprint density at radius 2 is 1.61 bits per heavy atom. The van der Waals surface area contributed by atoms with Crippen LogP contribution in [0.4, 0.5) is 0 Å². The summed E-state index contributed by atoms with van der Waals surface area (Å²) < 4.78 is 10.9. The van der Waals surface area contributed by atoms with Gasteiger partial charge in [-0.15, -0.1) is 0 Å². The predicted octanol–water partition coefficient (Wildman–Crippen LogP) is 3.24. The number of carbonyl (C=O) groups excluding carboxylic acids is 1. The normalized spacial score (nSPS) is 15.3. The number of ether oxygens (including phenoxy) is 2. The summed E-state index contributed by atoms with van der Waals surface area (Å²) in [5.74, 6) is -0.0691. The van der Waals surface area contributed by atoms with Crippen LogP contribution in [0.2, 0.25) is 0 Å². The maximum Gasteiger partial charge on any atom is 0.251 e. The van der Waals surface area contributed by atoms with Crippen LogP contribution in [-0.4, -0.2) is 32.0 Å². The average molecular weight is 311 g/mol. The lowest BCUT2D eigenvalue weighted by Crippen LogP contribution is -2.31. The monoisotopic (exact) mass is 311 g/mol. The zero-order valence-electron chi connectivity index (χ0n) is 13.0. The Bertz CT molecular complexity index is 619. The van der Waals surface area contributed by atoms with Crippen molar-refractivity contribution in [2.45, 2.75) is 19.1 Å². The second-order valence-corrected chi connectivity index (χ2v) is 5.51. The summed E-state index contributed by atoms with van der Waals surface area (Å²) in [6, 6.07) is 17.8. The predicted molar refractivity (Wildman–Crippen MR) is 89.1 cm³/mol. The van der Waals surface area contributed by atoms with Crippen molar-refractivity contribution < 1.29 is 14.3 Å². The Kier molecular flexibility index (Phi) is 5.40. The van der Waals surface area contributed by atoms with Crippen LogP contribution >= 0.6 is 0 Å². The van der Waals surface area contributed by atoms with Gasteiger partial charge in [0.15, 0.2) is 6.29 Å². The van der Waals surface area contributed by atoms with Crippen LogP contribution in [0.15, 0.2) is 54.6 Å². The molecule has 1 fully saturated rings. The van der Waals surface area contributed by atoms with E-state index in [0.29, 0.717) is 18.5 Å². The van der Waals surface area contributed by atoms with Crippen LogP contribution in [-0.2, 0) is 9.47 Å². The van der Waals surface area contributed by atoms with Gasteiger partial charge in [0.1, 0.15) is 0 Å². The van der Waals surface area contributed by atoms with Gasteiger partial charge in [-0.3, -0.25) is 4.79 Å². The lowest BCUT2D eigenvalue weighted by Gasteiger charge is -2.23. The van der Waals surface area contributed by atoms with Crippen LogP contribution in [0.25, 0.3) is 11.1 Å². The van der Waals surface area contributed by atoms with Gasteiger partial charge in [-0.2, -0.15) is 0 Å². The molecule has 2 aromatic carbocycles. The van der Waals surface area contributed by atoms with Crippen molar-refractivity contribution >= 4 is 5.91 Å². The molecule has 1 N–H and O–H groups in total. The van der Waals surface area contributed by atoms with Crippen molar-refractivity contribution in [3.63, 3.8) is 0 Å². The lowest BCUT2D eigenvalue weighted by atomic mass is 10.0. The highest BCUT2D eigenvalue weighted by Crippen LogP contribution is 2.19. The minimum atomic E-state index is -0.190. The number of hydrogen-bond acceptors (Lipinski definition) is 3. The first-order chi connectivity index (χ1) is 11.3. The third kappa shape index (κ3) is 4.41. The lowest BCUT2D eigenvalue weighted by molar-refractivity contribution is -0.180. The maximum absolute atomic E-state index is 12.1. The number of amides is 1. The van der Waals surface area contributed by atoms with Gasteiger partial charge >= 0.3 is 0 Å². The molecule has 1 saturated heterocycles. The van der Waals surface area contributed by atoms with E-state index in [1.54, 1.807) is 0 Å². The molecule has 23 heavy (non-hydrogen) atoms. The third-order valence-corrected chi connectivity index (χ3v) is 3.82. The first-order valence-electron chi connectivity index (χ1n) is 8.00. The topological polar surface area (TPSA) is 47.6 Å². The Morgan fingerprint density at radius 1 is 0.957 bits per heavy atom. The molecule has 0 saturated carbocycles. The number of rotatable bonds is 5. The summed E-state index contributed by atoms with van der Waals surface area (Å²) in [5, 5.41) is 2.91. The second-order valence-electron chi connectivity index (χ2n) is 5.51. The number of hydrogen-bond donors (Lipinski definition) is 1. The molecule has 1 aliphatic rings. The van der Waals surface area contributed by atoms with E-state index in [9.17, 15) is 4.79 Å². The molecule has 0 spiro atoms. The zero-order valence-corrected chi connectivity index (χ0v) is 13.0.